The van der Waals surface area contributed by atoms with Crippen LogP contribution in [0.5, 0.6) is 0 Å². The highest BCUT2D eigenvalue weighted by Gasteiger charge is 2.37. The molecule has 3 amide bonds. The smallest absolute Gasteiger partial charge is 0.407 e. The predicted molar refractivity (Wildman–Crippen MR) is 164 cm³/mol. The van der Waals surface area contributed by atoms with Gasteiger partial charge in [0.2, 0.25) is 0 Å². The van der Waals surface area contributed by atoms with Crippen LogP contribution in [0.2, 0.25) is 0 Å². The molecule has 0 spiro atoms. The van der Waals surface area contributed by atoms with E-state index in [9.17, 15) is 19.5 Å². The summed E-state index contributed by atoms with van der Waals surface area (Å²) in [7, 11) is 0. The largest absolute Gasteiger partial charge is 0.467 e. The molecule has 0 aliphatic carbocycles. The summed E-state index contributed by atoms with van der Waals surface area (Å²) in [6.45, 7) is 10.9. The molecule has 3 N–H and O–H groups in total. The highest BCUT2D eigenvalue weighted by Crippen LogP contribution is 2.26. The van der Waals surface area contributed by atoms with E-state index in [-0.39, 0.29) is 42.5 Å². The van der Waals surface area contributed by atoms with E-state index in [4.69, 9.17) is 14.1 Å². The Morgan fingerprint density at radius 1 is 1.14 bits per heavy atom. The van der Waals surface area contributed by atoms with Crippen molar-refractivity contribution in [1.82, 2.24) is 25.1 Å². The summed E-state index contributed by atoms with van der Waals surface area (Å²) < 4.78 is 10.8. The molecule has 44 heavy (non-hydrogen) atoms. The van der Waals surface area contributed by atoms with Crippen molar-refractivity contribution in [2.45, 2.75) is 71.7 Å². The molecular weight excluding hydrogens is 564 g/mol. The van der Waals surface area contributed by atoms with Gasteiger partial charge >= 0.3 is 12.2 Å². The molecule has 3 heterocycles. The van der Waals surface area contributed by atoms with E-state index in [0.29, 0.717) is 36.9 Å². The Labute approximate surface area is 257 Å². The zero-order valence-corrected chi connectivity index (χ0v) is 25.9. The van der Waals surface area contributed by atoms with Crippen molar-refractivity contribution in [3.63, 3.8) is 0 Å². The van der Waals surface area contributed by atoms with E-state index in [1.54, 1.807) is 17.2 Å². The monoisotopic (exact) mass is 606 g/mol. The summed E-state index contributed by atoms with van der Waals surface area (Å²) in [5.41, 5.74) is 0.741. The fraction of sp³-hybridized carbons (Fsp3) is 0.469. The normalized spacial score (nSPS) is 16.8. The maximum atomic E-state index is 14.3. The number of carbonyl (C=O) groups excluding carboxylic acids is 2. The van der Waals surface area contributed by atoms with Gasteiger partial charge in [-0.2, -0.15) is 0 Å². The fourth-order valence-corrected chi connectivity index (χ4v) is 5.05. The van der Waals surface area contributed by atoms with Crippen molar-refractivity contribution < 1.29 is 28.6 Å². The van der Waals surface area contributed by atoms with Crippen molar-refractivity contribution in [2.24, 2.45) is 5.92 Å². The first-order valence-electron chi connectivity index (χ1n) is 14.8. The van der Waals surface area contributed by atoms with Crippen LogP contribution in [-0.4, -0.2) is 74.7 Å². The second-order valence-corrected chi connectivity index (χ2v) is 12.5. The molecule has 2 aromatic heterocycles. The molecule has 0 saturated carbocycles. The number of piperidine rings is 1. The van der Waals surface area contributed by atoms with Gasteiger partial charge < -0.3 is 34.7 Å². The number of carbonyl (C=O) groups is 3. The Morgan fingerprint density at radius 3 is 2.52 bits per heavy atom. The third kappa shape index (κ3) is 8.71. The fourth-order valence-electron chi connectivity index (χ4n) is 5.05. The number of rotatable bonds is 10. The van der Waals surface area contributed by atoms with Crippen molar-refractivity contribution in [2.75, 3.05) is 25.0 Å². The molecular formula is C32H42N6O6. The molecule has 1 aliphatic rings. The van der Waals surface area contributed by atoms with E-state index in [1.165, 1.54) is 11.1 Å². The van der Waals surface area contributed by atoms with Crippen LogP contribution in [0.1, 0.15) is 68.5 Å². The zero-order valence-electron chi connectivity index (χ0n) is 25.9. The van der Waals surface area contributed by atoms with Crippen LogP contribution < -0.4 is 10.6 Å². The molecule has 12 heteroatoms. The zero-order chi connectivity index (χ0) is 31.9. The van der Waals surface area contributed by atoms with Gasteiger partial charge in [-0.05, 0) is 30.0 Å². The van der Waals surface area contributed by atoms with Gasteiger partial charge in [-0.25, -0.2) is 19.6 Å². The number of ether oxygens (including phenoxy) is 1. The Morgan fingerprint density at radius 2 is 1.89 bits per heavy atom. The van der Waals surface area contributed by atoms with Crippen LogP contribution in [0.15, 0.2) is 59.3 Å². The number of nitrogens with one attached hydrogen (secondary N) is 2. The standard InChI is InChI=1S/C32H42N6O6/c1-21(2)17-38(28(39)26-16-34-29(32(3,4)5)36-27(26)33-15-25-12-9-13-43-25)24-14-23(18-37(19-24)31(41)42)35-30(40)44-20-22-10-7-6-8-11-22/h6-13,16,21,23-24H,14-15,17-20H2,1-5H3,(H,35,40)(H,41,42)(H,33,34,36)/t23-,24+/m1/s1. The lowest BCUT2D eigenvalue weighted by atomic mass is 9.95. The minimum absolute atomic E-state index is 0.0787. The number of furan rings is 1. The average Bonchev–Trinajstić information content (AvgIpc) is 3.51. The summed E-state index contributed by atoms with van der Waals surface area (Å²) in [4.78, 5) is 51.3. The summed E-state index contributed by atoms with van der Waals surface area (Å²) >= 11 is 0. The van der Waals surface area contributed by atoms with Crippen LogP contribution in [0.25, 0.3) is 0 Å². The SMILES string of the molecule is CC(C)CN(C(=O)c1cnc(C(C)(C)C)nc1NCc1ccco1)[C@H]1C[C@@H](NC(=O)OCc2ccccc2)CN(C(=O)O)C1. The molecule has 0 unspecified atom stereocenters. The minimum atomic E-state index is -1.13. The highest BCUT2D eigenvalue weighted by atomic mass is 16.5. The number of carboxylic acid groups (broad SMARTS) is 1. The number of alkyl carbamates (subject to hydrolysis) is 1. The van der Waals surface area contributed by atoms with E-state index in [2.05, 4.69) is 15.6 Å². The second-order valence-electron chi connectivity index (χ2n) is 12.5. The molecule has 0 radical (unpaired) electrons. The quantitative estimate of drug-likeness (QED) is 0.286. The molecule has 1 fully saturated rings. The number of hydrogen-bond acceptors (Lipinski definition) is 8. The van der Waals surface area contributed by atoms with Gasteiger partial charge in [0, 0.05) is 31.2 Å². The Bertz CT molecular complexity index is 1410. The average molecular weight is 607 g/mol. The first kappa shape index (κ1) is 32.3. The molecule has 4 rings (SSSR count). The third-order valence-corrected chi connectivity index (χ3v) is 7.20. The maximum absolute atomic E-state index is 14.3. The van der Waals surface area contributed by atoms with Gasteiger partial charge in [0.15, 0.2) is 0 Å². The first-order chi connectivity index (χ1) is 20.9. The molecule has 236 valence electrons. The topological polar surface area (TPSA) is 150 Å². The lowest BCUT2D eigenvalue weighted by Gasteiger charge is -2.42. The van der Waals surface area contributed by atoms with Crippen LogP contribution in [0.3, 0.4) is 0 Å². The first-order valence-corrected chi connectivity index (χ1v) is 14.8. The van der Waals surface area contributed by atoms with Crippen LogP contribution in [-0.2, 0) is 23.3 Å². The second kappa shape index (κ2) is 14.2. The number of hydrogen-bond donors (Lipinski definition) is 3. The summed E-state index contributed by atoms with van der Waals surface area (Å²) in [6, 6.07) is 11.8. The Hall–Kier alpha value is -4.61. The number of likely N-dealkylation sites (tertiary alicyclic amines) is 1. The van der Waals surface area contributed by atoms with E-state index < -0.39 is 24.3 Å². The third-order valence-electron chi connectivity index (χ3n) is 7.20. The van der Waals surface area contributed by atoms with E-state index >= 15 is 0 Å². The maximum Gasteiger partial charge on any atom is 0.407 e. The molecule has 12 nitrogen and oxygen atoms in total. The summed E-state index contributed by atoms with van der Waals surface area (Å²) in [5, 5.41) is 16.0. The van der Waals surface area contributed by atoms with Crippen molar-refractivity contribution in [3.05, 3.63) is 77.6 Å². The van der Waals surface area contributed by atoms with Gasteiger partial charge in [0.1, 0.15) is 29.6 Å². The van der Waals surface area contributed by atoms with Gasteiger partial charge in [-0.15, -0.1) is 0 Å². The predicted octanol–water partition coefficient (Wildman–Crippen LogP) is 5.12. The lowest BCUT2D eigenvalue weighted by Crippen LogP contribution is -2.59. The Kier molecular flexibility index (Phi) is 10.5. The highest BCUT2D eigenvalue weighted by molar-refractivity contribution is 5.98. The van der Waals surface area contributed by atoms with Gasteiger partial charge in [-0.3, -0.25) is 4.79 Å². The van der Waals surface area contributed by atoms with Crippen molar-refractivity contribution in [3.8, 4) is 0 Å². The Balaban J connectivity index is 1.58. The van der Waals surface area contributed by atoms with Gasteiger partial charge in [-0.1, -0.05) is 65.0 Å². The summed E-state index contributed by atoms with van der Waals surface area (Å²) in [6.07, 6.45) is 1.67. The number of benzene rings is 1. The van der Waals surface area contributed by atoms with Crippen molar-refractivity contribution in [1.29, 1.82) is 0 Å². The number of amides is 3. The molecule has 2 atom stereocenters. The molecule has 1 aromatic carbocycles. The molecule has 1 saturated heterocycles. The van der Waals surface area contributed by atoms with E-state index in [1.807, 2.05) is 71.0 Å². The lowest BCUT2D eigenvalue weighted by molar-refractivity contribution is 0.0443. The van der Waals surface area contributed by atoms with Crippen LogP contribution in [0, 0.1) is 5.92 Å². The van der Waals surface area contributed by atoms with Crippen LogP contribution in [0.4, 0.5) is 15.4 Å². The molecule has 0 bridgehead atoms. The number of anilines is 1. The number of nitrogens with zero attached hydrogens (tertiary/aromatic N) is 4. The van der Waals surface area contributed by atoms with E-state index in [0.717, 1.165) is 5.56 Å². The van der Waals surface area contributed by atoms with Gasteiger partial charge in [0.25, 0.3) is 5.91 Å². The molecule has 3 aromatic rings. The van der Waals surface area contributed by atoms with Gasteiger partial charge in [0.05, 0.1) is 24.9 Å². The summed E-state index contributed by atoms with van der Waals surface area (Å²) in [5.74, 6) is 1.36. The van der Waals surface area contributed by atoms with Crippen LogP contribution >= 0.6 is 0 Å². The minimum Gasteiger partial charge on any atom is -0.467 e. The number of aromatic nitrogens is 2. The van der Waals surface area contributed by atoms with Crippen molar-refractivity contribution >= 4 is 23.9 Å². The molecule has 1 aliphatic heterocycles.